The zero-order chi connectivity index (χ0) is 11.0. The van der Waals surface area contributed by atoms with Crippen molar-refractivity contribution in [2.75, 3.05) is 20.6 Å². The van der Waals surface area contributed by atoms with Crippen LogP contribution < -0.4 is 5.73 Å². The lowest BCUT2D eigenvalue weighted by Gasteiger charge is -2.50. The number of hydrogen-bond acceptors (Lipinski definition) is 2. The second kappa shape index (κ2) is 3.82. The average molecular weight is 198 g/mol. The molecule has 2 atom stereocenters. The first-order valence-corrected chi connectivity index (χ1v) is 5.69. The van der Waals surface area contributed by atoms with Crippen molar-refractivity contribution < 1.29 is 0 Å². The Hall–Kier alpha value is -0.0800. The average Bonchev–Trinajstić information content (AvgIpc) is 2.00. The van der Waals surface area contributed by atoms with Crippen LogP contribution in [-0.4, -0.2) is 31.1 Å². The van der Waals surface area contributed by atoms with Crippen LogP contribution in [0.1, 0.15) is 40.0 Å². The van der Waals surface area contributed by atoms with E-state index in [-0.39, 0.29) is 5.54 Å². The molecule has 1 aliphatic rings. The van der Waals surface area contributed by atoms with Crippen molar-refractivity contribution in [2.45, 2.75) is 45.6 Å². The lowest BCUT2D eigenvalue weighted by atomic mass is 9.64. The first-order valence-electron chi connectivity index (χ1n) is 5.69. The molecule has 0 bridgehead atoms. The minimum Gasteiger partial charge on any atom is -0.329 e. The summed E-state index contributed by atoms with van der Waals surface area (Å²) in [6.07, 6.45) is 3.82. The third-order valence-electron chi connectivity index (χ3n) is 3.77. The van der Waals surface area contributed by atoms with Crippen LogP contribution in [0.5, 0.6) is 0 Å². The van der Waals surface area contributed by atoms with Crippen LogP contribution in [-0.2, 0) is 0 Å². The molecule has 0 aromatic carbocycles. The summed E-state index contributed by atoms with van der Waals surface area (Å²) in [4.78, 5) is 2.34. The van der Waals surface area contributed by atoms with E-state index >= 15 is 0 Å². The Morgan fingerprint density at radius 1 is 1.29 bits per heavy atom. The van der Waals surface area contributed by atoms with Crippen LogP contribution in [0.15, 0.2) is 0 Å². The Kier molecular flexibility index (Phi) is 3.27. The van der Waals surface area contributed by atoms with Crippen molar-refractivity contribution in [3.05, 3.63) is 0 Å². The van der Waals surface area contributed by atoms with Gasteiger partial charge in [-0.1, -0.05) is 20.8 Å². The molecule has 0 radical (unpaired) electrons. The zero-order valence-corrected chi connectivity index (χ0v) is 10.4. The van der Waals surface area contributed by atoms with Crippen molar-refractivity contribution in [3.8, 4) is 0 Å². The lowest BCUT2D eigenvalue weighted by molar-refractivity contribution is 0.0177. The second-order valence-corrected chi connectivity index (χ2v) is 6.18. The molecule has 1 aliphatic carbocycles. The maximum Gasteiger partial charge on any atom is 0.0333 e. The van der Waals surface area contributed by atoms with Crippen LogP contribution in [0.4, 0.5) is 0 Å². The van der Waals surface area contributed by atoms with Crippen molar-refractivity contribution in [1.82, 2.24) is 4.90 Å². The molecule has 0 aromatic heterocycles. The fourth-order valence-electron chi connectivity index (χ4n) is 3.38. The molecule has 2 unspecified atom stereocenters. The Balaban J connectivity index is 2.86. The highest BCUT2D eigenvalue weighted by atomic mass is 15.2. The van der Waals surface area contributed by atoms with Gasteiger partial charge in [0.25, 0.3) is 0 Å². The van der Waals surface area contributed by atoms with Gasteiger partial charge in [-0.3, -0.25) is 0 Å². The predicted molar refractivity (Wildman–Crippen MR) is 62.3 cm³/mol. The summed E-state index contributed by atoms with van der Waals surface area (Å²) in [6, 6.07) is 0. The van der Waals surface area contributed by atoms with Gasteiger partial charge < -0.3 is 10.6 Å². The van der Waals surface area contributed by atoms with E-state index in [0.717, 1.165) is 12.5 Å². The molecular weight excluding hydrogens is 172 g/mol. The van der Waals surface area contributed by atoms with E-state index in [4.69, 9.17) is 5.73 Å². The summed E-state index contributed by atoms with van der Waals surface area (Å²) in [5.41, 5.74) is 6.66. The third kappa shape index (κ3) is 2.29. The molecule has 0 saturated heterocycles. The van der Waals surface area contributed by atoms with Crippen molar-refractivity contribution in [3.63, 3.8) is 0 Å². The smallest absolute Gasteiger partial charge is 0.0333 e. The Labute approximate surface area is 88.8 Å². The van der Waals surface area contributed by atoms with Gasteiger partial charge in [0.2, 0.25) is 0 Å². The Bertz CT molecular complexity index is 198. The second-order valence-electron chi connectivity index (χ2n) is 6.18. The van der Waals surface area contributed by atoms with Gasteiger partial charge >= 0.3 is 0 Å². The first-order chi connectivity index (χ1) is 6.31. The van der Waals surface area contributed by atoms with Gasteiger partial charge in [-0.2, -0.15) is 0 Å². The van der Waals surface area contributed by atoms with Gasteiger partial charge in [0, 0.05) is 12.1 Å². The van der Waals surface area contributed by atoms with Crippen molar-refractivity contribution in [2.24, 2.45) is 17.1 Å². The number of rotatable bonds is 2. The van der Waals surface area contributed by atoms with E-state index in [9.17, 15) is 0 Å². The number of likely N-dealkylation sites (N-methyl/N-ethyl adjacent to an activating group) is 1. The number of nitrogens with zero attached hydrogens (tertiary/aromatic N) is 1. The predicted octanol–water partition coefficient (Wildman–Crippen LogP) is 2.09. The molecule has 1 rings (SSSR count). The monoisotopic (exact) mass is 198 g/mol. The largest absolute Gasteiger partial charge is 0.329 e. The molecule has 1 saturated carbocycles. The first kappa shape index (κ1) is 12.0. The fourth-order valence-corrected chi connectivity index (χ4v) is 3.38. The van der Waals surface area contributed by atoms with E-state index in [1.54, 1.807) is 0 Å². The summed E-state index contributed by atoms with van der Waals surface area (Å²) in [5.74, 6) is 0.796. The standard InChI is InChI=1S/C12H26N2/c1-10-6-11(2,3)8-12(7-10,9-13)14(4)5/h10H,6-9,13H2,1-5H3. The summed E-state index contributed by atoms with van der Waals surface area (Å²) in [6.45, 7) is 7.88. The molecule has 14 heavy (non-hydrogen) atoms. The van der Waals surface area contributed by atoms with Crippen LogP contribution in [0.2, 0.25) is 0 Å². The van der Waals surface area contributed by atoms with E-state index in [0.29, 0.717) is 5.41 Å². The van der Waals surface area contributed by atoms with Crippen molar-refractivity contribution in [1.29, 1.82) is 0 Å². The maximum absolute atomic E-state index is 5.98. The highest BCUT2D eigenvalue weighted by molar-refractivity contribution is 4.99. The van der Waals surface area contributed by atoms with Gasteiger partial charge in [-0.15, -0.1) is 0 Å². The van der Waals surface area contributed by atoms with Crippen LogP contribution in [0.3, 0.4) is 0 Å². The molecule has 84 valence electrons. The molecule has 0 aliphatic heterocycles. The van der Waals surface area contributed by atoms with Gasteiger partial charge in [-0.25, -0.2) is 0 Å². The van der Waals surface area contributed by atoms with E-state index in [1.165, 1.54) is 19.3 Å². The van der Waals surface area contributed by atoms with Gasteiger partial charge in [0.1, 0.15) is 0 Å². The van der Waals surface area contributed by atoms with Gasteiger partial charge in [0.05, 0.1) is 0 Å². The minimum absolute atomic E-state index is 0.237. The highest BCUT2D eigenvalue weighted by Gasteiger charge is 2.43. The van der Waals surface area contributed by atoms with Gasteiger partial charge in [-0.05, 0) is 44.7 Å². The minimum atomic E-state index is 0.237. The summed E-state index contributed by atoms with van der Waals surface area (Å²) >= 11 is 0. The fraction of sp³-hybridized carbons (Fsp3) is 1.00. The Morgan fingerprint density at radius 2 is 1.86 bits per heavy atom. The molecule has 2 N–H and O–H groups in total. The van der Waals surface area contributed by atoms with Crippen LogP contribution in [0, 0.1) is 11.3 Å². The third-order valence-corrected chi connectivity index (χ3v) is 3.77. The molecule has 1 fully saturated rings. The highest BCUT2D eigenvalue weighted by Crippen LogP contribution is 2.45. The summed E-state index contributed by atoms with van der Waals surface area (Å²) in [7, 11) is 4.34. The van der Waals surface area contributed by atoms with E-state index in [2.05, 4.69) is 39.8 Å². The van der Waals surface area contributed by atoms with E-state index in [1.807, 2.05) is 0 Å². The van der Waals surface area contributed by atoms with Crippen molar-refractivity contribution >= 4 is 0 Å². The SMILES string of the molecule is CC1CC(C)(C)CC(CN)(N(C)C)C1. The number of nitrogens with two attached hydrogens (primary N) is 1. The van der Waals surface area contributed by atoms with Crippen LogP contribution in [0.25, 0.3) is 0 Å². The summed E-state index contributed by atoms with van der Waals surface area (Å²) in [5, 5.41) is 0. The van der Waals surface area contributed by atoms with Gasteiger partial charge in [0.15, 0.2) is 0 Å². The maximum atomic E-state index is 5.98. The zero-order valence-electron chi connectivity index (χ0n) is 10.4. The molecule has 0 amide bonds. The molecule has 0 heterocycles. The molecule has 0 spiro atoms. The van der Waals surface area contributed by atoms with Crippen LogP contribution >= 0.6 is 0 Å². The normalized spacial score (nSPS) is 37.5. The molecular formula is C12H26N2. The lowest BCUT2D eigenvalue weighted by Crippen LogP contribution is -2.56. The van der Waals surface area contributed by atoms with E-state index < -0.39 is 0 Å². The summed E-state index contributed by atoms with van der Waals surface area (Å²) < 4.78 is 0. The number of hydrogen-bond donors (Lipinski definition) is 1. The molecule has 2 nitrogen and oxygen atoms in total. The molecule has 0 aromatic rings. The topological polar surface area (TPSA) is 29.3 Å². The molecule has 2 heteroatoms. The Morgan fingerprint density at radius 3 is 2.21 bits per heavy atom. The quantitative estimate of drug-likeness (QED) is 0.736.